The Balaban J connectivity index is 2.62. The first-order valence-corrected chi connectivity index (χ1v) is 7.71. The fraction of sp³-hybridized carbons (Fsp3) is 0.250. The van der Waals surface area contributed by atoms with E-state index in [1.54, 1.807) is 0 Å². The van der Waals surface area contributed by atoms with Crippen molar-refractivity contribution >= 4 is 21.6 Å². The number of nitrogens with zero attached hydrogens (tertiary/aromatic N) is 1. The van der Waals surface area contributed by atoms with E-state index in [4.69, 9.17) is 0 Å². The van der Waals surface area contributed by atoms with E-state index in [2.05, 4.69) is 22.2 Å². The number of nitrogens with one attached hydrogen (secondary N) is 3. The number of rotatable bonds is 8. The Labute approximate surface area is 127 Å². The summed E-state index contributed by atoms with van der Waals surface area (Å²) in [6.45, 7) is 4.95. The first-order valence-electron chi connectivity index (χ1n) is 6.23. The van der Waals surface area contributed by atoms with Crippen LogP contribution in [0.15, 0.2) is 41.4 Å². The summed E-state index contributed by atoms with van der Waals surface area (Å²) in [7, 11) is -3.93. The Bertz CT molecular complexity index is 669. The molecule has 9 nitrogen and oxygen atoms in total. The highest BCUT2D eigenvalue weighted by Gasteiger charge is 2.16. The van der Waals surface area contributed by atoms with Crippen molar-refractivity contribution in [1.29, 1.82) is 0 Å². The zero-order chi connectivity index (χ0) is 16.8. The monoisotopic (exact) mass is 328 g/mol. The molecule has 0 atom stereocenters. The summed E-state index contributed by atoms with van der Waals surface area (Å²) in [5.41, 5.74) is 5.15. The van der Waals surface area contributed by atoms with Crippen molar-refractivity contribution in [3.8, 4) is 0 Å². The SMILES string of the molecule is C=C(CC)NNC(=O)CNS(=O)(=O)c1ccc([N+](=O)[O-])cc1. The number of allylic oxidation sites excluding steroid dienone is 1. The predicted molar refractivity (Wildman–Crippen MR) is 79.0 cm³/mol. The summed E-state index contributed by atoms with van der Waals surface area (Å²) in [6.07, 6.45) is 0.606. The minimum absolute atomic E-state index is 0.170. The molecule has 1 amide bonds. The molecule has 1 aromatic rings. The number of nitro groups is 1. The third-order valence-corrected chi connectivity index (χ3v) is 4.00. The second-order valence-corrected chi connectivity index (χ2v) is 5.97. The molecule has 1 rings (SSSR count). The molecule has 10 heteroatoms. The lowest BCUT2D eigenvalue weighted by Gasteiger charge is -2.10. The first kappa shape index (κ1) is 17.6. The standard InChI is InChI=1S/C12H16N4O5S/c1-3-9(2)14-15-12(17)8-13-22(20,21)11-6-4-10(5-7-11)16(18)19/h4-7,13-14H,2-3,8H2,1H3,(H,15,17). The number of sulfonamides is 1. The Morgan fingerprint density at radius 1 is 1.27 bits per heavy atom. The van der Waals surface area contributed by atoms with Crippen LogP contribution in [-0.4, -0.2) is 25.8 Å². The second-order valence-electron chi connectivity index (χ2n) is 4.21. The van der Waals surface area contributed by atoms with E-state index in [0.29, 0.717) is 12.1 Å². The molecule has 3 N–H and O–H groups in total. The number of hydrogen-bond donors (Lipinski definition) is 3. The summed E-state index contributed by atoms with van der Waals surface area (Å²) in [5.74, 6) is -0.597. The lowest BCUT2D eigenvalue weighted by atomic mass is 10.3. The topological polar surface area (TPSA) is 130 Å². The van der Waals surface area contributed by atoms with Crippen LogP contribution in [0.1, 0.15) is 13.3 Å². The van der Waals surface area contributed by atoms with Crippen molar-refractivity contribution in [2.24, 2.45) is 0 Å². The van der Waals surface area contributed by atoms with Crippen molar-refractivity contribution in [1.82, 2.24) is 15.6 Å². The molecule has 0 saturated heterocycles. The van der Waals surface area contributed by atoms with E-state index in [9.17, 15) is 23.3 Å². The molecule has 0 aromatic heterocycles. The minimum atomic E-state index is -3.93. The van der Waals surface area contributed by atoms with Gasteiger partial charge in [-0.05, 0) is 18.6 Å². The van der Waals surface area contributed by atoms with Crippen molar-refractivity contribution in [2.75, 3.05) is 6.54 Å². The zero-order valence-corrected chi connectivity index (χ0v) is 12.6. The summed E-state index contributed by atoms with van der Waals surface area (Å²) in [4.78, 5) is 21.2. The number of hydrazine groups is 1. The van der Waals surface area contributed by atoms with Crippen molar-refractivity contribution < 1.29 is 18.1 Å². The van der Waals surface area contributed by atoms with Crippen LogP contribution in [0.25, 0.3) is 0 Å². The molecule has 22 heavy (non-hydrogen) atoms. The van der Waals surface area contributed by atoms with Crippen molar-refractivity contribution in [3.63, 3.8) is 0 Å². The van der Waals surface area contributed by atoms with Gasteiger partial charge in [0.2, 0.25) is 10.0 Å². The van der Waals surface area contributed by atoms with Gasteiger partial charge in [0.1, 0.15) is 0 Å². The number of carbonyl (C=O) groups is 1. The van der Waals surface area contributed by atoms with Crippen LogP contribution < -0.4 is 15.6 Å². The molecule has 0 bridgehead atoms. The summed E-state index contributed by atoms with van der Waals surface area (Å²) < 4.78 is 25.9. The molecule has 0 saturated carbocycles. The van der Waals surface area contributed by atoms with Gasteiger partial charge < -0.3 is 5.43 Å². The maximum absolute atomic E-state index is 11.9. The van der Waals surface area contributed by atoms with Gasteiger partial charge >= 0.3 is 0 Å². The number of non-ortho nitro benzene ring substituents is 1. The van der Waals surface area contributed by atoms with Gasteiger partial charge in [-0.15, -0.1) is 0 Å². The highest BCUT2D eigenvalue weighted by atomic mass is 32.2. The quantitative estimate of drug-likeness (QED) is 0.468. The predicted octanol–water partition coefficient (Wildman–Crippen LogP) is 0.418. The molecule has 0 heterocycles. The van der Waals surface area contributed by atoms with Crippen LogP contribution in [0.2, 0.25) is 0 Å². The van der Waals surface area contributed by atoms with E-state index < -0.39 is 27.4 Å². The molecular weight excluding hydrogens is 312 g/mol. The fourth-order valence-corrected chi connectivity index (χ4v) is 2.26. The summed E-state index contributed by atoms with van der Waals surface area (Å²) >= 11 is 0. The number of carbonyl (C=O) groups excluding carboxylic acids is 1. The lowest BCUT2D eigenvalue weighted by Crippen LogP contribution is -2.43. The number of hydrogen-bond acceptors (Lipinski definition) is 6. The second kappa shape index (κ2) is 7.52. The Morgan fingerprint density at radius 3 is 2.36 bits per heavy atom. The van der Waals surface area contributed by atoms with Crippen LogP contribution in [0.5, 0.6) is 0 Å². The molecule has 0 radical (unpaired) electrons. The van der Waals surface area contributed by atoms with Crippen molar-refractivity contribution in [3.05, 3.63) is 46.7 Å². The molecule has 1 aromatic carbocycles. The van der Waals surface area contributed by atoms with Gasteiger partial charge in [0, 0.05) is 17.8 Å². The zero-order valence-electron chi connectivity index (χ0n) is 11.8. The van der Waals surface area contributed by atoms with Crippen LogP contribution in [0, 0.1) is 10.1 Å². The lowest BCUT2D eigenvalue weighted by molar-refractivity contribution is -0.384. The fourth-order valence-electron chi connectivity index (χ4n) is 1.28. The molecular formula is C12H16N4O5S. The van der Waals surface area contributed by atoms with E-state index in [1.807, 2.05) is 6.92 Å². The van der Waals surface area contributed by atoms with Gasteiger partial charge in [-0.3, -0.25) is 20.3 Å². The van der Waals surface area contributed by atoms with E-state index in [-0.39, 0.29) is 10.6 Å². The van der Waals surface area contributed by atoms with E-state index in [0.717, 1.165) is 24.3 Å². The summed E-state index contributed by atoms with van der Waals surface area (Å²) in [6, 6.07) is 4.33. The maximum Gasteiger partial charge on any atom is 0.269 e. The summed E-state index contributed by atoms with van der Waals surface area (Å²) in [5, 5.41) is 10.5. The first-order chi connectivity index (χ1) is 10.3. The molecule has 0 unspecified atom stereocenters. The molecule has 120 valence electrons. The number of nitro benzene ring substituents is 1. The number of amides is 1. The van der Waals surface area contributed by atoms with Gasteiger partial charge in [0.25, 0.3) is 11.6 Å². The smallest absolute Gasteiger partial charge is 0.269 e. The molecule has 0 aliphatic rings. The van der Waals surface area contributed by atoms with Crippen LogP contribution in [0.4, 0.5) is 5.69 Å². The minimum Gasteiger partial charge on any atom is -0.303 e. The normalized spacial score (nSPS) is 10.8. The Kier molecular flexibility index (Phi) is 6.01. The Morgan fingerprint density at radius 2 is 1.86 bits per heavy atom. The third-order valence-electron chi connectivity index (χ3n) is 2.59. The molecule has 0 spiro atoms. The Hall–Kier alpha value is -2.46. The van der Waals surface area contributed by atoms with Crippen LogP contribution in [-0.2, 0) is 14.8 Å². The van der Waals surface area contributed by atoms with Crippen molar-refractivity contribution in [2.45, 2.75) is 18.2 Å². The highest BCUT2D eigenvalue weighted by molar-refractivity contribution is 7.89. The largest absolute Gasteiger partial charge is 0.303 e. The number of benzene rings is 1. The maximum atomic E-state index is 11.9. The molecule has 0 aliphatic heterocycles. The van der Waals surface area contributed by atoms with Crippen LogP contribution >= 0.6 is 0 Å². The average molecular weight is 328 g/mol. The van der Waals surface area contributed by atoms with Gasteiger partial charge in [0.05, 0.1) is 16.4 Å². The molecule has 0 aliphatic carbocycles. The van der Waals surface area contributed by atoms with E-state index >= 15 is 0 Å². The molecule has 0 fully saturated rings. The van der Waals surface area contributed by atoms with Gasteiger partial charge in [-0.1, -0.05) is 13.5 Å². The van der Waals surface area contributed by atoms with E-state index in [1.165, 1.54) is 0 Å². The van der Waals surface area contributed by atoms with Gasteiger partial charge in [-0.25, -0.2) is 13.1 Å². The van der Waals surface area contributed by atoms with Gasteiger partial charge in [-0.2, -0.15) is 0 Å². The average Bonchev–Trinajstić information content (AvgIpc) is 2.50. The highest BCUT2D eigenvalue weighted by Crippen LogP contribution is 2.15. The third kappa shape index (κ3) is 5.14. The van der Waals surface area contributed by atoms with Crippen LogP contribution in [0.3, 0.4) is 0 Å². The van der Waals surface area contributed by atoms with Gasteiger partial charge in [0.15, 0.2) is 0 Å².